The first-order valence-corrected chi connectivity index (χ1v) is 6.83. The molecule has 0 aliphatic heterocycles. The molecule has 0 spiro atoms. The number of halogens is 2. The highest BCUT2D eigenvalue weighted by atomic mass is 35.5. The van der Waals surface area contributed by atoms with Gasteiger partial charge in [0.05, 0.1) is 5.54 Å². The molecule has 1 rings (SSSR count). The third kappa shape index (κ3) is 7.64. The molecule has 0 bridgehead atoms. The molecule has 0 radical (unpaired) electrons. The Bertz CT molecular complexity index is 262. The summed E-state index contributed by atoms with van der Waals surface area (Å²) in [5, 5.41) is 2.95. The van der Waals surface area contributed by atoms with Crippen LogP contribution in [0, 0.1) is 0 Å². The fraction of sp³-hybridized carbons (Fsp3) is 0.923. The number of hydrogen-bond acceptors (Lipinski definition) is 4. The van der Waals surface area contributed by atoms with E-state index in [9.17, 15) is 4.79 Å². The molecule has 0 aromatic heterocycles. The summed E-state index contributed by atoms with van der Waals surface area (Å²) in [7, 11) is 3.76. The van der Waals surface area contributed by atoms with Crippen molar-refractivity contribution in [3.63, 3.8) is 0 Å². The number of nitrogens with two attached hydrogens (primary N) is 1. The normalized spacial score (nSPS) is 16.4. The monoisotopic (exact) mass is 329 g/mol. The lowest BCUT2D eigenvalue weighted by atomic mass is 9.98. The van der Waals surface area contributed by atoms with Crippen molar-refractivity contribution in [3.05, 3.63) is 0 Å². The summed E-state index contributed by atoms with van der Waals surface area (Å²) in [6, 6.07) is 0. The summed E-state index contributed by atoms with van der Waals surface area (Å²) in [6.07, 6.45) is 4.80. The number of carbonyl (C=O) groups is 1. The van der Waals surface area contributed by atoms with Crippen molar-refractivity contribution in [1.82, 2.24) is 10.2 Å². The van der Waals surface area contributed by atoms with E-state index < -0.39 is 5.54 Å². The van der Waals surface area contributed by atoms with Gasteiger partial charge in [-0.1, -0.05) is 12.8 Å². The van der Waals surface area contributed by atoms with Crippen molar-refractivity contribution in [2.45, 2.75) is 37.6 Å². The van der Waals surface area contributed by atoms with E-state index in [1.807, 2.05) is 0 Å². The van der Waals surface area contributed by atoms with Crippen LogP contribution in [0.1, 0.15) is 32.1 Å². The van der Waals surface area contributed by atoms with Crippen molar-refractivity contribution < 1.29 is 9.53 Å². The van der Waals surface area contributed by atoms with Crippen LogP contribution in [0.15, 0.2) is 0 Å². The van der Waals surface area contributed by atoms with E-state index in [0.717, 1.165) is 51.8 Å². The molecule has 5 nitrogen and oxygen atoms in total. The Morgan fingerprint density at radius 3 is 2.45 bits per heavy atom. The molecular formula is C13H29Cl2N3O2. The fourth-order valence-electron chi connectivity index (χ4n) is 2.36. The van der Waals surface area contributed by atoms with Gasteiger partial charge in [0.25, 0.3) is 0 Å². The van der Waals surface area contributed by atoms with Gasteiger partial charge in [-0.15, -0.1) is 24.8 Å². The lowest BCUT2D eigenvalue weighted by Crippen LogP contribution is -2.52. The minimum atomic E-state index is -0.603. The van der Waals surface area contributed by atoms with Gasteiger partial charge < -0.3 is 20.7 Å². The molecule has 1 amide bonds. The van der Waals surface area contributed by atoms with Crippen LogP contribution in [0.4, 0.5) is 0 Å². The Balaban J connectivity index is 0. The van der Waals surface area contributed by atoms with Gasteiger partial charge in [0, 0.05) is 33.4 Å². The number of ether oxygens (including phenoxy) is 1. The first-order chi connectivity index (χ1) is 8.58. The highest BCUT2D eigenvalue weighted by Gasteiger charge is 2.36. The molecule has 3 N–H and O–H groups in total. The lowest BCUT2D eigenvalue weighted by Gasteiger charge is -2.23. The molecule has 1 fully saturated rings. The zero-order valence-corrected chi connectivity index (χ0v) is 14.2. The molecule has 122 valence electrons. The van der Waals surface area contributed by atoms with Crippen LogP contribution in [0.2, 0.25) is 0 Å². The minimum absolute atomic E-state index is 0. The molecule has 0 aromatic rings. The third-order valence-corrected chi connectivity index (χ3v) is 3.62. The number of nitrogens with one attached hydrogen (secondary N) is 1. The molecule has 1 aliphatic carbocycles. The largest absolute Gasteiger partial charge is 0.385 e. The molecule has 1 aliphatic rings. The van der Waals surface area contributed by atoms with Crippen LogP contribution in [-0.4, -0.2) is 56.7 Å². The highest BCUT2D eigenvalue weighted by molar-refractivity contribution is 5.86. The maximum absolute atomic E-state index is 11.9. The van der Waals surface area contributed by atoms with Crippen molar-refractivity contribution in [3.8, 4) is 0 Å². The third-order valence-electron chi connectivity index (χ3n) is 3.62. The van der Waals surface area contributed by atoms with E-state index in [1.165, 1.54) is 0 Å². The van der Waals surface area contributed by atoms with E-state index in [0.29, 0.717) is 6.54 Å². The summed E-state index contributed by atoms with van der Waals surface area (Å²) in [6.45, 7) is 3.28. The maximum Gasteiger partial charge on any atom is 0.240 e. The smallest absolute Gasteiger partial charge is 0.240 e. The second kappa shape index (κ2) is 11.6. The van der Waals surface area contributed by atoms with Gasteiger partial charge in [-0.05, 0) is 26.3 Å². The summed E-state index contributed by atoms with van der Waals surface area (Å²) in [5.41, 5.74) is 5.47. The molecule has 0 atom stereocenters. The Labute approximate surface area is 134 Å². The number of nitrogens with zero attached hydrogens (tertiary/aromatic N) is 1. The first kappa shape index (κ1) is 22.2. The summed E-state index contributed by atoms with van der Waals surface area (Å²) in [5.74, 6) is 0.0188. The quantitative estimate of drug-likeness (QED) is 0.656. The van der Waals surface area contributed by atoms with E-state index in [2.05, 4.69) is 17.3 Å². The number of likely N-dealkylation sites (N-methyl/N-ethyl adjacent to an activating group) is 1. The van der Waals surface area contributed by atoms with Crippen LogP contribution < -0.4 is 11.1 Å². The van der Waals surface area contributed by atoms with E-state index in [1.54, 1.807) is 7.11 Å². The lowest BCUT2D eigenvalue weighted by molar-refractivity contribution is -0.126. The van der Waals surface area contributed by atoms with Crippen molar-refractivity contribution in [1.29, 1.82) is 0 Å². The predicted molar refractivity (Wildman–Crippen MR) is 86.9 cm³/mol. The SMILES string of the molecule is COCCCN(C)CCNC(=O)C1(N)CCCC1.Cl.Cl. The van der Waals surface area contributed by atoms with E-state index in [4.69, 9.17) is 10.5 Å². The van der Waals surface area contributed by atoms with Crippen molar-refractivity contribution in [2.75, 3.05) is 40.4 Å². The molecule has 0 aromatic carbocycles. The molecule has 0 heterocycles. The summed E-state index contributed by atoms with van der Waals surface area (Å²) >= 11 is 0. The first-order valence-electron chi connectivity index (χ1n) is 6.83. The summed E-state index contributed by atoms with van der Waals surface area (Å²) in [4.78, 5) is 14.1. The highest BCUT2D eigenvalue weighted by Crippen LogP contribution is 2.26. The minimum Gasteiger partial charge on any atom is -0.385 e. The number of carbonyl (C=O) groups excluding carboxylic acids is 1. The molecule has 0 saturated heterocycles. The van der Waals surface area contributed by atoms with E-state index >= 15 is 0 Å². The van der Waals surface area contributed by atoms with Gasteiger partial charge in [0.15, 0.2) is 0 Å². The Morgan fingerprint density at radius 2 is 1.90 bits per heavy atom. The molecule has 0 unspecified atom stereocenters. The number of amides is 1. The van der Waals surface area contributed by atoms with Gasteiger partial charge in [0.2, 0.25) is 5.91 Å². The standard InChI is InChI=1S/C13H27N3O2.2ClH/c1-16(9-5-11-18-2)10-8-15-12(17)13(14)6-3-4-7-13;;/h3-11,14H2,1-2H3,(H,15,17);2*1H. The topological polar surface area (TPSA) is 67.6 Å². The van der Waals surface area contributed by atoms with Gasteiger partial charge in [-0.2, -0.15) is 0 Å². The Kier molecular flexibility index (Phi) is 12.9. The van der Waals surface area contributed by atoms with Crippen LogP contribution in [-0.2, 0) is 9.53 Å². The number of rotatable bonds is 8. The van der Waals surface area contributed by atoms with Gasteiger partial charge in [0.1, 0.15) is 0 Å². The second-order valence-corrected chi connectivity index (χ2v) is 5.27. The zero-order chi connectivity index (χ0) is 13.4. The Hall–Kier alpha value is -0.0700. The zero-order valence-electron chi connectivity index (χ0n) is 12.5. The molecule has 1 saturated carbocycles. The predicted octanol–water partition coefficient (Wildman–Crippen LogP) is 1.19. The van der Waals surface area contributed by atoms with Crippen LogP contribution in [0.25, 0.3) is 0 Å². The Morgan fingerprint density at radius 1 is 1.30 bits per heavy atom. The van der Waals surface area contributed by atoms with Crippen LogP contribution >= 0.6 is 24.8 Å². The molecule has 20 heavy (non-hydrogen) atoms. The average Bonchev–Trinajstić information content (AvgIpc) is 2.78. The second-order valence-electron chi connectivity index (χ2n) is 5.27. The van der Waals surface area contributed by atoms with Gasteiger partial charge >= 0.3 is 0 Å². The average molecular weight is 330 g/mol. The summed E-state index contributed by atoms with van der Waals surface area (Å²) < 4.78 is 5.00. The van der Waals surface area contributed by atoms with Crippen LogP contribution in [0.5, 0.6) is 0 Å². The van der Waals surface area contributed by atoms with Crippen molar-refractivity contribution in [2.24, 2.45) is 5.73 Å². The molecule has 7 heteroatoms. The molecular weight excluding hydrogens is 301 g/mol. The number of hydrogen-bond donors (Lipinski definition) is 2. The number of methoxy groups -OCH3 is 1. The van der Waals surface area contributed by atoms with Crippen molar-refractivity contribution >= 4 is 30.7 Å². The fourth-order valence-corrected chi connectivity index (χ4v) is 2.36. The van der Waals surface area contributed by atoms with Gasteiger partial charge in [-0.3, -0.25) is 4.79 Å². The van der Waals surface area contributed by atoms with E-state index in [-0.39, 0.29) is 30.7 Å². The van der Waals surface area contributed by atoms with Crippen LogP contribution in [0.3, 0.4) is 0 Å². The maximum atomic E-state index is 11.9. The van der Waals surface area contributed by atoms with Gasteiger partial charge in [-0.25, -0.2) is 0 Å².